The summed E-state index contributed by atoms with van der Waals surface area (Å²) in [5.41, 5.74) is 0. The molecule has 0 aliphatic heterocycles. The van der Waals surface area contributed by atoms with Crippen LogP contribution in [-0.2, 0) is 42.2 Å². The number of carbonyl (C=O) groups excluding carboxylic acids is 3. The Balaban J connectivity index is 4.75. The maximum absolute atomic E-state index is 12.8. The van der Waals surface area contributed by atoms with E-state index < -0.39 is 57.8 Å². The number of hydrogen-bond donors (Lipinski definition) is 2. The molecular formula is C52H97O11P. The highest BCUT2D eigenvalue weighted by atomic mass is 31.2. The van der Waals surface area contributed by atoms with E-state index >= 15 is 0 Å². The normalized spacial score (nSPS) is 13.6. The van der Waals surface area contributed by atoms with Crippen LogP contribution in [0.25, 0.3) is 0 Å². The van der Waals surface area contributed by atoms with E-state index in [0.717, 1.165) is 83.5 Å². The summed E-state index contributed by atoms with van der Waals surface area (Å²) in [5, 5.41) is 9.74. The number of esters is 3. The zero-order valence-electron chi connectivity index (χ0n) is 41.3. The van der Waals surface area contributed by atoms with Crippen LogP contribution in [0.1, 0.15) is 252 Å². The first-order valence-electron chi connectivity index (χ1n) is 26.2. The molecule has 12 heteroatoms. The van der Waals surface area contributed by atoms with Gasteiger partial charge in [-0.05, 0) is 51.4 Å². The summed E-state index contributed by atoms with van der Waals surface area (Å²) in [4.78, 5) is 48.2. The largest absolute Gasteiger partial charge is 0.472 e. The Kier molecular flexibility index (Phi) is 45.9. The van der Waals surface area contributed by atoms with Crippen molar-refractivity contribution in [2.45, 2.75) is 264 Å². The van der Waals surface area contributed by atoms with E-state index in [9.17, 15) is 28.9 Å². The summed E-state index contributed by atoms with van der Waals surface area (Å²) in [7, 11) is -4.73. The molecule has 0 heterocycles. The second kappa shape index (κ2) is 47.5. The fourth-order valence-corrected chi connectivity index (χ4v) is 8.11. The fourth-order valence-electron chi connectivity index (χ4n) is 7.33. The smallest absolute Gasteiger partial charge is 0.462 e. The molecule has 0 spiro atoms. The van der Waals surface area contributed by atoms with Gasteiger partial charge in [0.2, 0.25) is 0 Å². The molecule has 376 valence electrons. The van der Waals surface area contributed by atoms with Crippen LogP contribution in [-0.4, -0.2) is 66.5 Å². The molecular weight excluding hydrogens is 832 g/mol. The number of rotatable bonds is 49. The number of aliphatic hydroxyl groups excluding tert-OH is 1. The second-order valence-electron chi connectivity index (χ2n) is 17.7. The first-order chi connectivity index (χ1) is 31.2. The quantitative estimate of drug-likeness (QED) is 0.0197. The van der Waals surface area contributed by atoms with Gasteiger partial charge in [0, 0.05) is 19.3 Å². The van der Waals surface area contributed by atoms with Gasteiger partial charge in [0.15, 0.2) is 6.10 Å². The highest BCUT2D eigenvalue weighted by molar-refractivity contribution is 7.47. The predicted octanol–water partition coefficient (Wildman–Crippen LogP) is 14.7. The average molecular weight is 929 g/mol. The van der Waals surface area contributed by atoms with Gasteiger partial charge in [0.25, 0.3) is 0 Å². The van der Waals surface area contributed by atoms with E-state index in [4.69, 9.17) is 23.3 Å². The van der Waals surface area contributed by atoms with Gasteiger partial charge in [-0.3, -0.25) is 23.4 Å². The van der Waals surface area contributed by atoms with Gasteiger partial charge < -0.3 is 24.2 Å². The Morgan fingerprint density at radius 2 is 0.766 bits per heavy atom. The third-order valence-corrected chi connectivity index (χ3v) is 12.3. The van der Waals surface area contributed by atoms with Crippen molar-refractivity contribution in [2.24, 2.45) is 0 Å². The summed E-state index contributed by atoms with van der Waals surface area (Å²) in [6.07, 6.45) is 44.3. The molecule has 0 bridgehead atoms. The van der Waals surface area contributed by atoms with Crippen LogP contribution in [0, 0.1) is 0 Å². The molecule has 3 unspecified atom stereocenters. The second-order valence-corrected chi connectivity index (χ2v) is 19.2. The van der Waals surface area contributed by atoms with Crippen LogP contribution in [0.3, 0.4) is 0 Å². The first-order valence-corrected chi connectivity index (χ1v) is 27.7. The molecule has 0 saturated heterocycles. The van der Waals surface area contributed by atoms with Crippen molar-refractivity contribution in [3.05, 3.63) is 24.3 Å². The molecule has 2 N–H and O–H groups in total. The summed E-state index contributed by atoms with van der Waals surface area (Å²) in [6.45, 7) is 4.59. The lowest BCUT2D eigenvalue weighted by atomic mass is 10.0. The molecule has 0 aliphatic rings. The molecule has 0 radical (unpaired) electrons. The molecule has 0 aliphatic carbocycles. The van der Waals surface area contributed by atoms with Gasteiger partial charge in [-0.1, -0.05) is 206 Å². The minimum atomic E-state index is -4.73. The van der Waals surface area contributed by atoms with Gasteiger partial charge in [0.1, 0.15) is 12.7 Å². The fraction of sp³-hybridized carbons (Fsp3) is 0.865. The van der Waals surface area contributed by atoms with Gasteiger partial charge >= 0.3 is 25.7 Å². The Morgan fingerprint density at radius 3 is 1.19 bits per heavy atom. The number of carbonyl (C=O) groups is 3. The van der Waals surface area contributed by atoms with Gasteiger partial charge in [0.05, 0.1) is 19.8 Å². The highest BCUT2D eigenvalue weighted by Crippen LogP contribution is 2.43. The van der Waals surface area contributed by atoms with E-state index in [1.54, 1.807) is 0 Å². The van der Waals surface area contributed by atoms with E-state index in [1.165, 1.54) is 109 Å². The van der Waals surface area contributed by atoms with E-state index in [1.807, 2.05) is 0 Å². The van der Waals surface area contributed by atoms with Crippen LogP contribution in [0.15, 0.2) is 24.3 Å². The van der Waals surface area contributed by atoms with Crippen molar-refractivity contribution in [2.75, 3.05) is 26.4 Å². The number of allylic oxidation sites excluding steroid dienone is 4. The molecule has 0 rings (SSSR count). The lowest BCUT2D eigenvalue weighted by molar-refractivity contribution is -0.161. The minimum Gasteiger partial charge on any atom is -0.462 e. The molecule has 0 fully saturated rings. The molecule has 0 amide bonds. The third kappa shape index (κ3) is 45.1. The monoisotopic (exact) mass is 929 g/mol. The van der Waals surface area contributed by atoms with Crippen LogP contribution in [0.4, 0.5) is 0 Å². The lowest BCUT2D eigenvalue weighted by Crippen LogP contribution is -2.30. The average Bonchev–Trinajstić information content (AvgIpc) is 3.28. The molecule has 0 saturated carbocycles. The van der Waals surface area contributed by atoms with Crippen LogP contribution in [0.5, 0.6) is 0 Å². The minimum absolute atomic E-state index is 0.157. The summed E-state index contributed by atoms with van der Waals surface area (Å²) in [5.74, 6) is -1.47. The zero-order valence-corrected chi connectivity index (χ0v) is 42.2. The maximum Gasteiger partial charge on any atom is 0.472 e. The first kappa shape index (κ1) is 62.0. The summed E-state index contributed by atoms with van der Waals surface area (Å²) < 4.78 is 39.3. The topological polar surface area (TPSA) is 155 Å². The molecule has 3 atom stereocenters. The van der Waals surface area contributed by atoms with Crippen LogP contribution >= 0.6 is 7.82 Å². The maximum atomic E-state index is 12.8. The molecule has 0 aromatic heterocycles. The number of ether oxygens (including phenoxy) is 3. The van der Waals surface area contributed by atoms with Crippen molar-refractivity contribution in [3.8, 4) is 0 Å². The summed E-state index contributed by atoms with van der Waals surface area (Å²) in [6, 6.07) is 0. The van der Waals surface area contributed by atoms with E-state index in [0.29, 0.717) is 19.3 Å². The van der Waals surface area contributed by atoms with Crippen molar-refractivity contribution in [1.29, 1.82) is 0 Å². The molecule has 0 aromatic carbocycles. The Morgan fingerprint density at radius 1 is 0.438 bits per heavy atom. The Bertz CT molecular complexity index is 1180. The van der Waals surface area contributed by atoms with E-state index in [2.05, 4.69) is 45.1 Å². The van der Waals surface area contributed by atoms with Crippen LogP contribution < -0.4 is 0 Å². The highest BCUT2D eigenvalue weighted by Gasteiger charge is 2.28. The van der Waals surface area contributed by atoms with Crippen LogP contribution in [0.2, 0.25) is 0 Å². The third-order valence-electron chi connectivity index (χ3n) is 11.4. The number of aliphatic hydroxyl groups is 1. The predicted molar refractivity (Wildman–Crippen MR) is 261 cm³/mol. The van der Waals surface area contributed by atoms with Gasteiger partial charge in [-0.2, -0.15) is 0 Å². The zero-order chi connectivity index (χ0) is 47.0. The number of hydrogen-bond acceptors (Lipinski definition) is 10. The molecule has 11 nitrogen and oxygen atoms in total. The van der Waals surface area contributed by atoms with Crippen molar-refractivity contribution in [1.82, 2.24) is 0 Å². The Hall–Kier alpha value is -2.04. The summed E-state index contributed by atoms with van der Waals surface area (Å²) >= 11 is 0. The van der Waals surface area contributed by atoms with Gasteiger partial charge in [-0.15, -0.1) is 0 Å². The van der Waals surface area contributed by atoms with Crippen molar-refractivity contribution >= 4 is 25.7 Å². The Labute approximate surface area is 391 Å². The standard InChI is InChI=1S/C52H97O11P/c1-4-7-10-13-16-19-21-23-24-26-28-31-34-37-40-43-52(56)63-49(45-59-50(54)41-38-35-32-30-27-25-22-20-17-14-11-8-5-2)47-61-64(57,58)60-46-48(44-53)62-51(55)42-39-36-33-29-18-15-12-9-6-3/h16,19,23-24,48-49,53H,4-15,17-18,20-22,25-47H2,1-3H3,(H,57,58)/b19-16-,24-23-. The lowest BCUT2D eigenvalue weighted by Gasteiger charge is -2.21. The molecule has 64 heavy (non-hydrogen) atoms. The number of phosphoric ester groups is 1. The van der Waals surface area contributed by atoms with Crippen molar-refractivity contribution < 1.29 is 52.2 Å². The SMILES string of the molecule is CCCCC/C=C\C/C=C\CCCCCCCC(=O)OC(COC(=O)CCCCCCCCCCCCCCC)COP(=O)(O)OCC(CO)OC(=O)CCCCCCCCCCC. The number of unbranched alkanes of at least 4 members (excludes halogenated alkanes) is 28. The van der Waals surface area contributed by atoms with E-state index in [-0.39, 0.29) is 25.9 Å². The number of phosphoric acid groups is 1. The molecule has 0 aromatic rings. The van der Waals surface area contributed by atoms with Gasteiger partial charge in [-0.25, -0.2) is 4.57 Å². The van der Waals surface area contributed by atoms with Crippen molar-refractivity contribution in [3.63, 3.8) is 0 Å².